The third-order valence-electron chi connectivity index (χ3n) is 6.03. The number of nitrogens with zero attached hydrogens (tertiary/aromatic N) is 2. The van der Waals surface area contributed by atoms with E-state index in [-0.39, 0.29) is 29.6 Å². The van der Waals surface area contributed by atoms with Gasteiger partial charge in [-0.1, -0.05) is 12.1 Å². The lowest BCUT2D eigenvalue weighted by atomic mass is 9.91. The number of hydrogen-bond donors (Lipinski definition) is 3. The molecule has 150 valence electrons. The zero-order chi connectivity index (χ0) is 19.9. The van der Waals surface area contributed by atoms with Crippen LogP contribution >= 0.6 is 0 Å². The molecule has 3 unspecified atom stereocenters. The molecule has 1 aliphatic carbocycles. The van der Waals surface area contributed by atoms with Crippen LogP contribution in [0.2, 0.25) is 0 Å². The van der Waals surface area contributed by atoms with E-state index in [2.05, 4.69) is 9.88 Å². The van der Waals surface area contributed by atoms with E-state index in [1.54, 1.807) is 6.07 Å². The predicted octanol–water partition coefficient (Wildman–Crippen LogP) is 2.41. The van der Waals surface area contributed by atoms with Gasteiger partial charge in [-0.25, -0.2) is 8.78 Å². The molecule has 4 rings (SSSR count). The molecule has 2 aliphatic rings. The van der Waals surface area contributed by atoms with Crippen molar-refractivity contribution in [3.63, 3.8) is 0 Å². The highest BCUT2D eigenvalue weighted by molar-refractivity contribution is 5.22. The zero-order valence-corrected chi connectivity index (χ0v) is 15.4. The molecule has 5 nitrogen and oxygen atoms in total. The molecule has 0 radical (unpaired) electrons. The van der Waals surface area contributed by atoms with Crippen molar-refractivity contribution >= 4 is 0 Å². The number of halogens is 2. The van der Waals surface area contributed by atoms with Crippen LogP contribution in [0.3, 0.4) is 0 Å². The maximum Gasteiger partial charge on any atom is 0.162 e. The van der Waals surface area contributed by atoms with Crippen molar-refractivity contribution in [1.82, 2.24) is 9.88 Å². The van der Waals surface area contributed by atoms with Gasteiger partial charge in [0, 0.05) is 26.1 Å². The van der Waals surface area contributed by atoms with Crippen molar-refractivity contribution in [2.24, 2.45) is 11.8 Å². The van der Waals surface area contributed by atoms with Crippen LogP contribution in [0.5, 0.6) is 5.75 Å². The average Bonchev–Trinajstić information content (AvgIpc) is 3.13. The number of hydrogen-bond acceptors (Lipinski definition) is 5. The molecule has 3 atom stereocenters. The lowest BCUT2D eigenvalue weighted by Crippen LogP contribution is -2.34. The maximum absolute atomic E-state index is 14.0. The fraction of sp³-hybridized carbons (Fsp3) is 0.476. The quantitative estimate of drug-likeness (QED) is 0.731. The van der Waals surface area contributed by atoms with Crippen LogP contribution < -0.4 is 0 Å². The molecular weight excluding hydrogens is 366 g/mol. The SMILES string of the molecule is Oc1ccc(C(O)CN2CC3CC(O)(Cc4cccc(F)c4F)CC3C2)nc1. The van der Waals surface area contributed by atoms with Gasteiger partial charge in [0.05, 0.1) is 17.5 Å². The molecule has 1 aromatic carbocycles. The van der Waals surface area contributed by atoms with E-state index >= 15 is 0 Å². The molecule has 0 spiro atoms. The summed E-state index contributed by atoms with van der Waals surface area (Å²) >= 11 is 0. The average molecular weight is 390 g/mol. The molecule has 1 aromatic heterocycles. The normalized spacial score (nSPS) is 28.4. The summed E-state index contributed by atoms with van der Waals surface area (Å²) in [4.78, 5) is 6.19. The highest BCUT2D eigenvalue weighted by Gasteiger charge is 2.48. The highest BCUT2D eigenvalue weighted by Crippen LogP contribution is 2.45. The van der Waals surface area contributed by atoms with E-state index < -0.39 is 23.3 Å². The first kappa shape index (κ1) is 19.2. The van der Waals surface area contributed by atoms with E-state index in [4.69, 9.17) is 0 Å². The van der Waals surface area contributed by atoms with Crippen molar-refractivity contribution in [3.05, 3.63) is 59.4 Å². The van der Waals surface area contributed by atoms with Crippen molar-refractivity contribution in [1.29, 1.82) is 0 Å². The van der Waals surface area contributed by atoms with Crippen LogP contribution in [-0.4, -0.2) is 50.4 Å². The van der Waals surface area contributed by atoms with Crippen LogP contribution in [0, 0.1) is 23.5 Å². The van der Waals surface area contributed by atoms with Gasteiger partial charge in [0.15, 0.2) is 11.6 Å². The Bertz CT molecular complexity index is 832. The molecule has 0 amide bonds. The number of aromatic nitrogens is 1. The first-order valence-electron chi connectivity index (χ1n) is 9.53. The lowest BCUT2D eigenvalue weighted by molar-refractivity contribution is 0.0318. The summed E-state index contributed by atoms with van der Waals surface area (Å²) in [5.41, 5.74) is -0.297. The zero-order valence-electron chi connectivity index (χ0n) is 15.4. The fourth-order valence-corrected chi connectivity index (χ4v) is 4.82. The second-order valence-electron chi connectivity index (χ2n) is 8.22. The minimum absolute atomic E-state index is 0.0562. The van der Waals surface area contributed by atoms with Gasteiger partial charge in [-0.15, -0.1) is 0 Å². The number of aliphatic hydroxyl groups is 2. The van der Waals surface area contributed by atoms with Crippen LogP contribution in [0.4, 0.5) is 8.78 Å². The molecule has 1 aliphatic heterocycles. The molecular formula is C21H24F2N2O3. The Morgan fingerprint density at radius 2 is 1.86 bits per heavy atom. The van der Waals surface area contributed by atoms with Crippen molar-refractivity contribution < 1.29 is 24.1 Å². The van der Waals surface area contributed by atoms with Crippen LogP contribution in [-0.2, 0) is 6.42 Å². The number of aliphatic hydroxyl groups excluding tert-OH is 1. The Balaban J connectivity index is 1.35. The third-order valence-corrected chi connectivity index (χ3v) is 6.03. The van der Waals surface area contributed by atoms with Gasteiger partial charge < -0.3 is 15.3 Å². The number of likely N-dealkylation sites (tertiary alicyclic amines) is 1. The van der Waals surface area contributed by atoms with Crippen molar-refractivity contribution in [2.45, 2.75) is 31.0 Å². The van der Waals surface area contributed by atoms with Crippen LogP contribution in [0.15, 0.2) is 36.5 Å². The van der Waals surface area contributed by atoms with E-state index in [1.807, 2.05) is 0 Å². The van der Waals surface area contributed by atoms with Gasteiger partial charge in [0.25, 0.3) is 0 Å². The summed E-state index contributed by atoms with van der Waals surface area (Å²) in [6.07, 6.45) is 1.75. The molecule has 2 aromatic rings. The monoisotopic (exact) mass is 390 g/mol. The topological polar surface area (TPSA) is 76.8 Å². The third kappa shape index (κ3) is 3.87. The Kier molecular flexibility index (Phi) is 5.07. The second-order valence-corrected chi connectivity index (χ2v) is 8.22. The number of β-amino-alcohol motifs (C(OH)–C–C–N with tert-alkyl or cyclic N) is 1. The summed E-state index contributed by atoms with van der Waals surface area (Å²) < 4.78 is 27.4. The Labute approximate surface area is 162 Å². The van der Waals surface area contributed by atoms with Gasteiger partial charge in [0.1, 0.15) is 11.9 Å². The Morgan fingerprint density at radius 1 is 1.14 bits per heavy atom. The summed E-state index contributed by atoms with van der Waals surface area (Å²) in [6.45, 7) is 1.92. The van der Waals surface area contributed by atoms with Crippen molar-refractivity contribution in [2.75, 3.05) is 19.6 Å². The smallest absolute Gasteiger partial charge is 0.162 e. The van der Waals surface area contributed by atoms with Crippen LogP contribution in [0.25, 0.3) is 0 Å². The summed E-state index contributed by atoms with van der Waals surface area (Å²) in [6, 6.07) is 7.17. The predicted molar refractivity (Wildman–Crippen MR) is 98.5 cm³/mol. The lowest BCUT2D eigenvalue weighted by Gasteiger charge is -2.27. The van der Waals surface area contributed by atoms with Gasteiger partial charge in [-0.3, -0.25) is 9.88 Å². The summed E-state index contributed by atoms with van der Waals surface area (Å²) in [5, 5.41) is 30.6. The first-order valence-corrected chi connectivity index (χ1v) is 9.53. The van der Waals surface area contributed by atoms with Gasteiger partial charge in [-0.2, -0.15) is 0 Å². The standard InChI is InChI=1S/C21H24F2N2O3/c22-17-3-1-2-13(20(17)23)6-21(28)7-14-10-25(11-15(14)8-21)12-19(27)18-5-4-16(26)9-24-18/h1-5,9,14-15,19,26-28H,6-8,10-12H2. The largest absolute Gasteiger partial charge is 0.506 e. The molecule has 3 N–H and O–H groups in total. The van der Waals surface area contributed by atoms with E-state index in [1.165, 1.54) is 24.4 Å². The van der Waals surface area contributed by atoms with E-state index in [9.17, 15) is 24.1 Å². The summed E-state index contributed by atoms with van der Waals surface area (Å²) in [5.74, 6) is -1.18. The Hall–Kier alpha value is -2.09. The first-order chi connectivity index (χ1) is 13.3. The van der Waals surface area contributed by atoms with Crippen molar-refractivity contribution in [3.8, 4) is 5.75 Å². The molecule has 0 bridgehead atoms. The fourth-order valence-electron chi connectivity index (χ4n) is 4.82. The minimum Gasteiger partial charge on any atom is -0.506 e. The van der Waals surface area contributed by atoms with E-state index in [0.717, 1.165) is 19.2 Å². The van der Waals surface area contributed by atoms with Gasteiger partial charge in [-0.05, 0) is 48.4 Å². The number of aromatic hydroxyl groups is 1. The maximum atomic E-state index is 14.0. The Morgan fingerprint density at radius 3 is 2.50 bits per heavy atom. The molecule has 1 saturated carbocycles. The molecule has 1 saturated heterocycles. The second kappa shape index (κ2) is 7.39. The van der Waals surface area contributed by atoms with Gasteiger partial charge in [0.2, 0.25) is 0 Å². The van der Waals surface area contributed by atoms with Gasteiger partial charge >= 0.3 is 0 Å². The number of pyridine rings is 1. The molecule has 7 heteroatoms. The molecule has 28 heavy (non-hydrogen) atoms. The molecule has 2 fully saturated rings. The number of rotatable bonds is 5. The number of fused-ring (bicyclic) bond motifs is 1. The van der Waals surface area contributed by atoms with Crippen LogP contribution in [0.1, 0.15) is 30.2 Å². The van der Waals surface area contributed by atoms with E-state index in [0.29, 0.717) is 25.1 Å². The highest BCUT2D eigenvalue weighted by atomic mass is 19.2. The number of benzene rings is 1. The summed E-state index contributed by atoms with van der Waals surface area (Å²) in [7, 11) is 0. The molecule has 2 heterocycles. The minimum atomic E-state index is -1.02.